The molecule has 0 amide bonds. The van der Waals surface area contributed by atoms with Crippen LogP contribution in [0.3, 0.4) is 0 Å². The predicted molar refractivity (Wildman–Crippen MR) is 45.8 cm³/mol. The second-order valence-electron chi connectivity index (χ2n) is 2.96. The van der Waals surface area contributed by atoms with Crippen LogP contribution in [-0.4, -0.2) is 50.2 Å². The van der Waals surface area contributed by atoms with E-state index in [0.29, 0.717) is 4.68 Å². The Morgan fingerprint density at radius 1 is 1.59 bits per heavy atom. The molecule has 1 heterocycles. The molecule has 0 aromatic carbocycles. The molecule has 17 heavy (non-hydrogen) atoms. The molecule has 1 N–H and O–H groups in total. The zero-order valence-electron chi connectivity index (χ0n) is 8.68. The van der Waals surface area contributed by atoms with Crippen molar-refractivity contribution in [3.63, 3.8) is 0 Å². The molecule has 1 unspecified atom stereocenters. The number of hydrogen-bond acceptors (Lipinski definition) is 6. The molecule has 0 aliphatic rings. The summed E-state index contributed by atoms with van der Waals surface area (Å²) in [6.07, 6.45) is -7.46. The van der Waals surface area contributed by atoms with Gasteiger partial charge in [0.15, 0.2) is 6.10 Å². The van der Waals surface area contributed by atoms with E-state index in [-0.39, 0.29) is 6.61 Å². The van der Waals surface area contributed by atoms with Gasteiger partial charge in [-0.05, 0) is 17.4 Å². The standard InChI is InChI=1S/C7H9F3N4O3/c1-2-17-6(16)5-11-12-13-14(5)3-4(15)7(8,9)10/h4,15H,2-3H2,1H3. The third-order valence-corrected chi connectivity index (χ3v) is 1.71. The fourth-order valence-electron chi connectivity index (χ4n) is 0.937. The van der Waals surface area contributed by atoms with Gasteiger partial charge in [0, 0.05) is 0 Å². The van der Waals surface area contributed by atoms with E-state index in [9.17, 15) is 18.0 Å². The lowest BCUT2D eigenvalue weighted by Gasteiger charge is -2.14. The van der Waals surface area contributed by atoms with Crippen LogP contribution in [0.4, 0.5) is 13.2 Å². The molecular formula is C7H9F3N4O3. The molecule has 7 nitrogen and oxygen atoms in total. The Kier molecular flexibility index (Phi) is 3.99. The zero-order chi connectivity index (χ0) is 13.1. The number of halogens is 3. The summed E-state index contributed by atoms with van der Waals surface area (Å²) in [5.74, 6) is -1.44. The van der Waals surface area contributed by atoms with Gasteiger partial charge in [-0.1, -0.05) is 0 Å². The molecule has 10 heteroatoms. The fourth-order valence-corrected chi connectivity index (χ4v) is 0.937. The molecule has 1 rings (SSSR count). The Labute approximate surface area is 93.2 Å². The summed E-state index contributed by atoms with van der Waals surface area (Å²) in [7, 11) is 0. The van der Waals surface area contributed by atoms with Crippen LogP contribution >= 0.6 is 0 Å². The average molecular weight is 254 g/mol. The Morgan fingerprint density at radius 2 is 2.24 bits per heavy atom. The maximum absolute atomic E-state index is 12.1. The lowest BCUT2D eigenvalue weighted by Crippen LogP contribution is -2.34. The van der Waals surface area contributed by atoms with Crippen molar-refractivity contribution in [2.24, 2.45) is 0 Å². The van der Waals surface area contributed by atoms with Crippen LogP contribution in [0.5, 0.6) is 0 Å². The largest absolute Gasteiger partial charge is 0.460 e. The molecule has 96 valence electrons. The Morgan fingerprint density at radius 3 is 2.76 bits per heavy atom. The predicted octanol–water partition coefficient (Wildman–Crippen LogP) is -0.227. The number of ether oxygens (including phenoxy) is 1. The van der Waals surface area contributed by atoms with Crippen molar-refractivity contribution >= 4 is 5.97 Å². The van der Waals surface area contributed by atoms with Gasteiger partial charge >= 0.3 is 12.1 Å². The van der Waals surface area contributed by atoms with Crippen molar-refractivity contribution in [1.29, 1.82) is 0 Å². The van der Waals surface area contributed by atoms with Gasteiger partial charge in [0.2, 0.25) is 0 Å². The van der Waals surface area contributed by atoms with Crippen molar-refractivity contribution < 1.29 is 27.8 Å². The average Bonchev–Trinajstić information content (AvgIpc) is 2.64. The Hall–Kier alpha value is -1.71. The van der Waals surface area contributed by atoms with Gasteiger partial charge in [0.1, 0.15) is 0 Å². The molecule has 0 fully saturated rings. The summed E-state index contributed by atoms with van der Waals surface area (Å²) < 4.78 is 41.3. The van der Waals surface area contributed by atoms with E-state index in [0.717, 1.165) is 0 Å². The van der Waals surface area contributed by atoms with Crippen LogP contribution < -0.4 is 0 Å². The van der Waals surface area contributed by atoms with Crippen LogP contribution in [0.1, 0.15) is 17.5 Å². The molecule has 0 saturated carbocycles. The van der Waals surface area contributed by atoms with Crippen LogP contribution in [-0.2, 0) is 11.3 Å². The first-order chi connectivity index (χ1) is 7.86. The maximum atomic E-state index is 12.1. The number of alkyl halides is 3. The number of aliphatic hydroxyl groups excluding tert-OH is 1. The van der Waals surface area contributed by atoms with Crippen molar-refractivity contribution in [2.45, 2.75) is 25.7 Å². The lowest BCUT2D eigenvalue weighted by molar-refractivity contribution is -0.208. The number of carbonyl (C=O) groups excluding carboxylic acids is 1. The molecule has 1 aromatic heterocycles. The number of aromatic nitrogens is 4. The van der Waals surface area contributed by atoms with Gasteiger partial charge in [-0.15, -0.1) is 5.10 Å². The number of rotatable bonds is 4. The van der Waals surface area contributed by atoms with E-state index in [2.05, 4.69) is 20.3 Å². The van der Waals surface area contributed by atoms with E-state index in [1.54, 1.807) is 0 Å². The summed E-state index contributed by atoms with van der Waals surface area (Å²) >= 11 is 0. The summed E-state index contributed by atoms with van der Waals surface area (Å²) in [5.41, 5.74) is 0. The molecule has 1 aromatic rings. The minimum absolute atomic E-state index is 0.0352. The van der Waals surface area contributed by atoms with E-state index in [1.807, 2.05) is 0 Å². The van der Waals surface area contributed by atoms with Gasteiger partial charge in [-0.3, -0.25) is 0 Å². The van der Waals surface area contributed by atoms with E-state index in [4.69, 9.17) is 5.11 Å². The highest BCUT2D eigenvalue weighted by molar-refractivity contribution is 5.85. The Balaban J connectivity index is 2.79. The third-order valence-electron chi connectivity index (χ3n) is 1.71. The first-order valence-corrected chi connectivity index (χ1v) is 4.54. The van der Waals surface area contributed by atoms with Crippen molar-refractivity contribution in [3.05, 3.63) is 5.82 Å². The first-order valence-electron chi connectivity index (χ1n) is 4.54. The summed E-state index contributed by atoms with van der Waals surface area (Å²) in [6.45, 7) is 0.592. The van der Waals surface area contributed by atoms with E-state index in [1.165, 1.54) is 6.92 Å². The molecule has 0 aliphatic heterocycles. The monoisotopic (exact) mass is 254 g/mol. The topological polar surface area (TPSA) is 90.1 Å². The van der Waals surface area contributed by atoms with E-state index >= 15 is 0 Å². The van der Waals surface area contributed by atoms with Gasteiger partial charge in [-0.25, -0.2) is 9.48 Å². The highest BCUT2D eigenvalue weighted by atomic mass is 19.4. The van der Waals surface area contributed by atoms with Crippen LogP contribution in [0.2, 0.25) is 0 Å². The number of carbonyl (C=O) groups is 1. The van der Waals surface area contributed by atoms with Gasteiger partial charge in [-0.2, -0.15) is 13.2 Å². The summed E-state index contributed by atoms with van der Waals surface area (Å²) in [6, 6.07) is 0. The second kappa shape index (κ2) is 5.08. The van der Waals surface area contributed by atoms with Crippen molar-refractivity contribution in [3.8, 4) is 0 Å². The highest BCUT2D eigenvalue weighted by Crippen LogP contribution is 2.21. The number of aliphatic hydroxyl groups is 1. The molecule has 0 saturated heterocycles. The molecule has 0 bridgehead atoms. The van der Waals surface area contributed by atoms with Crippen LogP contribution in [0.25, 0.3) is 0 Å². The third kappa shape index (κ3) is 3.37. The van der Waals surface area contributed by atoms with Gasteiger partial charge in [0.05, 0.1) is 13.2 Å². The number of esters is 1. The SMILES string of the molecule is CCOC(=O)c1nnnn1CC(O)C(F)(F)F. The molecule has 1 atom stereocenters. The summed E-state index contributed by atoms with van der Waals surface area (Å²) in [4.78, 5) is 11.2. The maximum Gasteiger partial charge on any atom is 0.416 e. The molecule has 0 aliphatic carbocycles. The fraction of sp³-hybridized carbons (Fsp3) is 0.714. The quantitative estimate of drug-likeness (QED) is 0.746. The minimum atomic E-state index is -4.81. The number of nitrogens with zero attached hydrogens (tertiary/aromatic N) is 4. The van der Waals surface area contributed by atoms with Crippen LogP contribution in [0.15, 0.2) is 0 Å². The van der Waals surface area contributed by atoms with Crippen molar-refractivity contribution in [2.75, 3.05) is 6.61 Å². The normalized spacial score (nSPS) is 13.5. The highest BCUT2D eigenvalue weighted by Gasteiger charge is 2.39. The van der Waals surface area contributed by atoms with Crippen molar-refractivity contribution in [1.82, 2.24) is 20.2 Å². The smallest absolute Gasteiger partial charge is 0.416 e. The lowest BCUT2D eigenvalue weighted by atomic mass is 10.3. The number of tetrazole rings is 1. The first kappa shape index (κ1) is 13.4. The Bertz CT molecular complexity index is 392. The number of hydrogen-bond donors (Lipinski definition) is 1. The van der Waals surface area contributed by atoms with Crippen LogP contribution in [0, 0.1) is 0 Å². The van der Waals surface area contributed by atoms with Gasteiger partial charge < -0.3 is 9.84 Å². The zero-order valence-corrected chi connectivity index (χ0v) is 8.68. The second-order valence-corrected chi connectivity index (χ2v) is 2.96. The molecule has 0 spiro atoms. The molecular weight excluding hydrogens is 245 g/mol. The minimum Gasteiger partial charge on any atom is -0.460 e. The summed E-state index contributed by atoms with van der Waals surface area (Å²) in [5, 5.41) is 18.2. The van der Waals surface area contributed by atoms with Gasteiger partial charge in [0.25, 0.3) is 5.82 Å². The molecule has 0 radical (unpaired) electrons. The van der Waals surface area contributed by atoms with E-state index < -0.39 is 30.6 Å².